The van der Waals surface area contributed by atoms with Crippen molar-refractivity contribution in [3.8, 4) is 0 Å². The van der Waals surface area contributed by atoms with E-state index in [9.17, 15) is 15.0 Å². The first-order chi connectivity index (χ1) is 30.2. The molecule has 2 unspecified atom stereocenters. The van der Waals surface area contributed by atoms with Crippen molar-refractivity contribution in [1.82, 2.24) is 5.32 Å². The number of aliphatic hydroxyl groups excluding tert-OH is 2. The van der Waals surface area contributed by atoms with Gasteiger partial charge < -0.3 is 15.5 Å². The molecule has 61 heavy (non-hydrogen) atoms. The van der Waals surface area contributed by atoms with Crippen molar-refractivity contribution in [1.29, 1.82) is 0 Å². The lowest BCUT2D eigenvalue weighted by Gasteiger charge is -2.20. The minimum absolute atomic E-state index is 0.0658. The first kappa shape index (κ1) is 59.4. The predicted octanol–water partition coefficient (Wildman–Crippen LogP) is 17.9. The quantitative estimate of drug-likeness (QED) is 0.0422. The molecule has 0 aromatic heterocycles. The summed E-state index contributed by atoms with van der Waals surface area (Å²) in [6.45, 7) is 4.32. The summed E-state index contributed by atoms with van der Waals surface area (Å²) >= 11 is 0. The fraction of sp³-hybridized carbons (Fsp3) is 0.842. The predicted molar refractivity (Wildman–Crippen MR) is 271 cm³/mol. The van der Waals surface area contributed by atoms with E-state index in [-0.39, 0.29) is 12.5 Å². The van der Waals surface area contributed by atoms with Crippen LogP contribution in [0, 0.1) is 0 Å². The first-order valence-electron chi connectivity index (χ1n) is 27.4. The molecule has 3 N–H and O–H groups in total. The zero-order valence-electron chi connectivity index (χ0n) is 41.2. The average Bonchev–Trinajstić information content (AvgIpc) is 3.26. The molecule has 0 rings (SSSR count). The Morgan fingerprint density at radius 3 is 1.00 bits per heavy atom. The second-order valence-corrected chi connectivity index (χ2v) is 18.7. The van der Waals surface area contributed by atoms with Crippen molar-refractivity contribution >= 4 is 5.91 Å². The molecular weight excluding hydrogens is 747 g/mol. The van der Waals surface area contributed by atoms with E-state index < -0.39 is 12.1 Å². The molecule has 0 bridgehead atoms. The van der Waals surface area contributed by atoms with Gasteiger partial charge in [0, 0.05) is 6.42 Å². The van der Waals surface area contributed by atoms with Crippen LogP contribution in [0.4, 0.5) is 0 Å². The molecular formula is C57H107NO3. The zero-order chi connectivity index (χ0) is 44.2. The number of allylic oxidation sites excluding steroid dienone is 7. The number of unbranched alkanes of at least 4 members (excludes halogenated alkanes) is 37. The van der Waals surface area contributed by atoms with Gasteiger partial charge in [0.2, 0.25) is 5.91 Å². The van der Waals surface area contributed by atoms with Crippen molar-refractivity contribution in [2.75, 3.05) is 6.61 Å². The molecule has 0 aliphatic heterocycles. The van der Waals surface area contributed by atoms with Gasteiger partial charge in [-0.15, -0.1) is 0 Å². The highest BCUT2D eigenvalue weighted by Gasteiger charge is 2.18. The van der Waals surface area contributed by atoms with Gasteiger partial charge in [0.05, 0.1) is 18.8 Å². The van der Waals surface area contributed by atoms with Crippen molar-refractivity contribution in [2.45, 2.75) is 302 Å². The number of carbonyl (C=O) groups is 1. The Morgan fingerprint density at radius 2 is 0.672 bits per heavy atom. The summed E-state index contributed by atoms with van der Waals surface area (Å²) in [6.07, 6.45) is 72.6. The number of amides is 1. The number of hydrogen-bond donors (Lipinski definition) is 3. The van der Waals surface area contributed by atoms with Gasteiger partial charge in [-0.1, -0.05) is 274 Å². The average molecular weight is 854 g/mol. The molecule has 0 aliphatic carbocycles. The third-order valence-electron chi connectivity index (χ3n) is 12.6. The molecule has 0 radical (unpaired) electrons. The van der Waals surface area contributed by atoms with Crippen LogP contribution >= 0.6 is 0 Å². The van der Waals surface area contributed by atoms with E-state index in [1.54, 1.807) is 6.08 Å². The third kappa shape index (κ3) is 49.2. The summed E-state index contributed by atoms with van der Waals surface area (Å²) < 4.78 is 0. The van der Waals surface area contributed by atoms with Crippen molar-refractivity contribution in [2.24, 2.45) is 0 Å². The molecule has 2 atom stereocenters. The lowest BCUT2D eigenvalue weighted by molar-refractivity contribution is -0.123. The van der Waals surface area contributed by atoms with Crippen LogP contribution in [-0.2, 0) is 4.79 Å². The minimum atomic E-state index is -0.843. The van der Waals surface area contributed by atoms with Gasteiger partial charge in [-0.05, 0) is 57.8 Å². The van der Waals surface area contributed by atoms with E-state index in [0.29, 0.717) is 6.42 Å². The van der Waals surface area contributed by atoms with Crippen LogP contribution in [0.5, 0.6) is 0 Å². The van der Waals surface area contributed by atoms with E-state index in [1.165, 1.54) is 231 Å². The van der Waals surface area contributed by atoms with Gasteiger partial charge in [-0.3, -0.25) is 4.79 Å². The summed E-state index contributed by atoms with van der Waals surface area (Å²) in [7, 11) is 0. The molecule has 4 heteroatoms. The van der Waals surface area contributed by atoms with Gasteiger partial charge >= 0.3 is 0 Å². The summed E-state index contributed by atoms with van der Waals surface area (Å²) in [6, 6.07) is -0.626. The lowest BCUT2D eigenvalue weighted by atomic mass is 10.0. The summed E-state index contributed by atoms with van der Waals surface area (Å²) in [4.78, 5) is 12.5. The maximum atomic E-state index is 12.5. The fourth-order valence-electron chi connectivity index (χ4n) is 8.36. The van der Waals surface area contributed by atoms with E-state index in [0.717, 1.165) is 38.5 Å². The second-order valence-electron chi connectivity index (χ2n) is 18.7. The number of carbonyl (C=O) groups excluding carboxylic acids is 1. The highest BCUT2D eigenvalue weighted by molar-refractivity contribution is 5.76. The van der Waals surface area contributed by atoms with Gasteiger partial charge in [0.1, 0.15) is 0 Å². The summed E-state index contributed by atoms with van der Waals surface area (Å²) in [5.74, 6) is -0.0658. The molecule has 0 aromatic carbocycles. The standard InChI is InChI=1S/C57H107NO3/c1-3-5-7-9-11-13-15-17-19-21-23-25-27-29-31-33-35-37-39-41-43-45-47-49-51-53-57(61)58-55(54-59)56(60)52-50-48-46-44-42-40-38-36-34-32-30-28-26-24-22-20-18-16-14-12-10-8-6-4-2/h15,17,21,23,27,29,50,52,55-56,59-60H,3-14,16,18-20,22,24-26,28,30-49,51,53-54H2,1-2H3,(H,58,61)/b17-15-,23-21-,29-27-,52-50+. The van der Waals surface area contributed by atoms with Crippen molar-refractivity contribution in [3.63, 3.8) is 0 Å². The summed E-state index contributed by atoms with van der Waals surface area (Å²) in [5.41, 5.74) is 0. The Hall–Kier alpha value is -1.65. The Morgan fingerprint density at radius 1 is 0.393 bits per heavy atom. The lowest BCUT2D eigenvalue weighted by Crippen LogP contribution is -2.45. The first-order valence-corrected chi connectivity index (χ1v) is 27.4. The molecule has 0 saturated carbocycles. The van der Waals surface area contributed by atoms with Crippen LogP contribution < -0.4 is 5.32 Å². The molecule has 358 valence electrons. The second kappa shape index (κ2) is 52.7. The third-order valence-corrected chi connectivity index (χ3v) is 12.6. The highest BCUT2D eigenvalue weighted by atomic mass is 16.3. The molecule has 0 heterocycles. The zero-order valence-corrected chi connectivity index (χ0v) is 41.2. The molecule has 0 fully saturated rings. The van der Waals surface area contributed by atoms with Crippen molar-refractivity contribution in [3.05, 3.63) is 48.6 Å². The van der Waals surface area contributed by atoms with Crippen molar-refractivity contribution < 1.29 is 15.0 Å². The van der Waals surface area contributed by atoms with E-state index >= 15 is 0 Å². The molecule has 0 saturated heterocycles. The monoisotopic (exact) mass is 854 g/mol. The SMILES string of the molecule is CCCCCCC/C=C\C/C=C\C/C=C\CCCCCCCCCCCCC(=O)NC(CO)C(O)/C=C/CCCCCCCCCCCCCCCCCCCCCCCC. The van der Waals surface area contributed by atoms with Crippen LogP contribution in [-0.4, -0.2) is 34.9 Å². The Labute approximate surface area is 382 Å². The van der Waals surface area contributed by atoms with Crippen LogP contribution in [0.25, 0.3) is 0 Å². The topological polar surface area (TPSA) is 69.6 Å². The van der Waals surface area contributed by atoms with E-state index in [1.807, 2.05) is 6.08 Å². The van der Waals surface area contributed by atoms with Gasteiger partial charge in [0.25, 0.3) is 0 Å². The number of nitrogens with one attached hydrogen (secondary N) is 1. The Bertz CT molecular complexity index is 970. The molecule has 4 nitrogen and oxygen atoms in total. The van der Waals surface area contributed by atoms with Gasteiger partial charge in [-0.25, -0.2) is 0 Å². The number of rotatable bonds is 50. The van der Waals surface area contributed by atoms with E-state index in [4.69, 9.17) is 0 Å². The maximum absolute atomic E-state index is 12.5. The molecule has 0 spiro atoms. The summed E-state index contributed by atoms with van der Waals surface area (Å²) in [5, 5.41) is 23.2. The fourth-order valence-corrected chi connectivity index (χ4v) is 8.36. The van der Waals surface area contributed by atoms with Crippen LogP contribution in [0.2, 0.25) is 0 Å². The van der Waals surface area contributed by atoms with Gasteiger partial charge in [0.15, 0.2) is 0 Å². The minimum Gasteiger partial charge on any atom is -0.394 e. The Kier molecular flexibility index (Phi) is 51.3. The van der Waals surface area contributed by atoms with Crippen LogP contribution in [0.3, 0.4) is 0 Å². The van der Waals surface area contributed by atoms with E-state index in [2.05, 4.69) is 55.6 Å². The Balaban J connectivity index is 3.52. The molecule has 0 aromatic rings. The largest absolute Gasteiger partial charge is 0.394 e. The van der Waals surface area contributed by atoms with Gasteiger partial charge in [-0.2, -0.15) is 0 Å². The number of hydrogen-bond acceptors (Lipinski definition) is 3. The molecule has 0 aliphatic rings. The number of aliphatic hydroxyl groups is 2. The van der Waals surface area contributed by atoms with Crippen LogP contribution in [0.1, 0.15) is 290 Å². The maximum Gasteiger partial charge on any atom is 0.220 e. The highest BCUT2D eigenvalue weighted by Crippen LogP contribution is 2.17. The normalized spacial score (nSPS) is 13.2. The molecule has 1 amide bonds. The smallest absolute Gasteiger partial charge is 0.220 e. The van der Waals surface area contributed by atoms with Crippen LogP contribution in [0.15, 0.2) is 48.6 Å².